The molecule has 0 aliphatic heterocycles. The van der Waals surface area contributed by atoms with Crippen LogP contribution in [-0.4, -0.2) is 11.1 Å². The van der Waals surface area contributed by atoms with Crippen LogP contribution in [0.15, 0.2) is 18.2 Å². The van der Waals surface area contributed by atoms with Crippen LogP contribution in [0.1, 0.15) is 34.5 Å². The Morgan fingerprint density at radius 3 is 2.43 bits per heavy atom. The van der Waals surface area contributed by atoms with Crippen molar-refractivity contribution in [2.75, 3.05) is 0 Å². The molecule has 0 bridgehead atoms. The van der Waals surface area contributed by atoms with Gasteiger partial charge >= 0.3 is 5.97 Å². The van der Waals surface area contributed by atoms with Crippen molar-refractivity contribution in [1.29, 1.82) is 0 Å². The number of rotatable bonds is 2. The maximum absolute atomic E-state index is 10.6. The van der Waals surface area contributed by atoms with Crippen molar-refractivity contribution in [2.24, 2.45) is 5.73 Å². The van der Waals surface area contributed by atoms with Crippen LogP contribution in [0.5, 0.6) is 0 Å². The van der Waals surface area contributed by atoms with Gasteiger partial charge < -0.3 is 10.8 Å². The Hall–Kier alpha value is -1.06. The number of aryl methyl sites for hydroxylation is 1. The first kappa shape index (κ1) is 12.9. The molecule has 78 valence electrons. The lowest BCUT2D eigenvalue weighted by atomic mass is 10.0. The van der Waals surface area contributed by atoms with Crippen molar-refractivity contribution in [1.82, 2.24) is 0 Å². The van der Waals surface area contributed by atoms with Crippen LogP contribution in [0.4, 0.5) is 0 Å². The third kappa shape index (κ3) is 2.72. The van der Waals surface area contributed by atoms with Crippen molar-refractivity contribution < 1.29 is 9.90 Å². The van der Waals surface area contributed by atoms with E-state index in [0.717, 1.165) is 11.1 Å². The number of nitrogens with two attached hydrogens (primary N) is 1. The number of carbonyl (C=O) groups is 1. The first-order valence-corrected chi connectivity index (χ1v) is 4.12. The van der Waals surface area contributed by atoms with Crippen LogP contribution in [-0.2, 0) is 0 Å². The van der Waals surface area contributed by atoms with Gasteiger partial charge in [0.15, 0.2) is 0 Å². The molecule has 0 spiro atoms. The van der Waals surface area contributed by atoms with Gasteiger partial charge in [-0.05, 0) is 37.1 Å². The highest BCUT2D eigenvalue weighted by Crippen LogP contribution is 2.16. The van der Waals surface area contributed by atoms with E-state index in [2.05, 4.69) is 0 Å². The molecule has 0 fully saturated rings. The Labute approximate surface area is 89.3 Å². The van der Waals surface area contributed by atoms with Gasteiger partial charge in [0.25, 0.3) is 0 Å². The second kappa shape index (κ2) is 4.98. The van der Waals surface area contributed by atoms with Crippen LogP contribution < -0.4 is 5.73 Å². The van der Waals surface area contributed by atoms with E-state index in [0.29, 0.717) is 5.56 Å². The number of hydrogen-bond donors (Lipinski definition) is 2. The third-order valence-electron chi connectivity index (χ3n) is 2.01. The molecule has 0 saturated heterocycles. The molecule has 1 rings (SSSR count). The van der Waals surface area contributed by atoms with Crippen LogP contribution >= 0.6 is 12.4 Å². The molecule has 0 amide bonds. The first-order chi connectivity index (χ1) is 6.02. The molecular formula is C10H14ClNO2. The zero-order chi connectivity index (χ0) is 10.0. The summed E-state index contributed by atoms with van der Waals surface area (Å²) in [5.41, 5.74) is 7.92. The molecular weight excluding hydrogens is 202 g/mol. The minimum Gasteiger partial charge on any atom is -0.478 e. The second-order valence-corrected chi connectivity index (χ2v) is 3.17. The van der Waals surface area contributed by atoms with Crippen LogP contribution in [0, 0.1) is 6.92 Å². The molecule has 0 aliphatic carbocycles. The number of aromatic carboxylic acids is 1. The molecule has 4 heteroatoms. The van der Waals surface area contributed by atoms with Crippen molar-refractivity contribution >= 4 is 18.4 Å². The Morgan fingerprint density at radius 1 is 1.50 bits per heavy atom. The van der Waals surface area contributed by atoms with Gasteiger partial charge in [-0.1, -0.05) is 6.07 Å². The van der Waals surface area contributed by atoms with Crippen LogP contribution in [0.2, 0.25) is 0 Å². The molecule has 3 N–H and O–H groups in total. The average molecular weight is 216 g/mol. The van der Waals surface area contributed by atoms with E-state index in [-0.39, 0.29) is 18.4 Å². The molecule has 1 aromatic carbocycles. The standard InChI is InChI=1S/C10H13NO2.ClH/c1-6-5-8(10(12)13)3-4-9(6)7(2)11;/h3-5,7H,11H2,1-2H3,(H,12,13);1H. The van der Waals surface area contributed by atoms with Crippen LogP contribution in [0.25, 0.3) is 0 Å². The Kier molecular flexibility index (Phi) is 4.60. The molecule has 0 saturated carbocycles. The lowest BCUT2D eigenvalue weighted by Gasteiger charge is -2.09. The van der Waals surface area contributed by atoms with Gasteiger partial charge in [0, 0.05) is 6.04 Å². The Balaban J connectivity index is 0.00000169. The first-order valence-electron chi connectivity index (χ1n) is 4.12. The maximum atomic E-state index is 10.6. The monoisotopic (exact) mass is 215 g/mol. The van der Waals surface area contributed by atoms with E-state index in [1.165, 1.54) is 0 Å². The SMILES string of the molecule is Cc1cc(C(=O)O)ccc1C(C)N.Cl. The number of halogens is 1. The van der Waals surface area contributed by atoms with Gasteiger partial charge in [-0.3, -0.25) is 0 Å². The summed E-state index contributed by atoms with van der Waals surface area (Å²) in [5.74, 6) is -0.903. The van der Waals surface area contributed by atoms with Gasteiger partial charge in [0.05, 0.1) is 5.56 Å². The highest BCUT2D eigenvalue weighted by atomic mass is 35.5. The fraction of sp³-hybridized carbons (Fsp3) is 0.300. The maximum Gasteiger partial charge on any atom is 0.335 e. The largest absolute Gasteiger partial charge is 0.478 e. The fourth-order valence-electron chi connectivity index (χ4n) is 1.32. The molecule has 0 heterocycles. The molecule has 3 nitrogen and oxygen atoms in total. The molecule has 1 aromatic rings. The predicted molar refractivity (Wildman–Crippen MR) is 58.0 cm³/mol. The molecule has 1 atom stereocenters. The molecule has 0 aromatic heterocycles. The van der Waals surface area contributed by atoms with Gasteiger partial charge in [0.2, 0.25) is 0 Å². The highest BCUT2D eigenvalue weighted by molar-refractivity contribution is 5.87. The van der Waals surface area contributed by atoms with Gasteiger partial charge in [-0.25, -0.2) is 4.79 Å². The minimum atomic E-state index is -0.903. The van der Waals surface area contributed by atoms with E-state index in [9.17, 15) is 4.79 Å². The third-order valence-corrected chi connectivity index (χ3v) is 2.01. The minimum absolute atomic E-state index is 0. The summed E-state index contributed by atoms with van der Waals surface area (Å²) in [4.78, 5) is 10.6. The van der Waals surface area contributed by atoms with E-state index < -0.39 is 5.97 Å². The summed E-state index contributed by atoms with van der Waals surface area (Å²) in [6, 6.07) is 4.93. The summed E-state index contributed by atoms with van der Waals surface area (Å²) in [6.45, 7) is 3.74. The fourth-order valence-corrected chi connectivity index (χ4v) is 1.32. The molecule has 0 radical (unpaired) electrons. The summed E-state index contributed by atoms with van der Waals surface area (Å²) >= 11 is 0. The Morgan fingerprint density at radius 2 is 2.07 bits per heavy atom. The normalized spacial score (nSPS) is 11.6. The van der Waals surface area contributed by atoms with Crippen LogP contribution in [0.3, 0.4) is 0 Å². The summed E-state index contributed by atoms with van der Waals surface area (Å²) in [6.07, 6.45) is 0. The number of carboxylic acids is 1. The van der Waals surface area contributed by atoms with E-state index in [1.54, 1.807) is 18.2 Å². The zero-order valence-electron chi connectivity index (χ0n) is 8.15. The highest BCUT2D eigenvalue weighted by Gasteiger charge is 2.07. The second-order valence-electron chi connectivity index (χ2n) is 3.17. The van der Waals surface area contributed by atoms with Crippen molar-refractivity contribution in [3.63, 3.8) is 0 Å². The number of hydrogen-bond acceptors (Lipinski definition) is 2. The van der Waals surface area contributed by atoms with E-state index in [1.807, 2.05) is 13.8 Å². The Bertz CT molecular complexity index is 337. The van der Waals surface area contributed by atoms with Crippen molar-refractivity contribution in [2.45, 2.75) is 19.9 Å². The van der Waals surface area contributed by atoms with Crippen molar-refractivity contribution in [3.05, 3.63) is 34.9 Å². The number of carboxylic acid groups (broad SMARTS) is 1. The molecule has 1 unspecified atom stereocenters. The lowest BCUT2D eigenvalue weighted by Crippen LogP contribution is -2.08. The quantitative estimate of drug-likeness (QED) is 0.795. The summed E-state index contributed by atoms with van der Waals surface area (Å²) in [5, 5.41) is 8.71. The predicted octanol–water partition coefficient (Wildman–Crippen LogP) is 2.13. The van der Waals surface area contributed by atoms with E-state index >= 15 is 0 Å². The topological polar surface area (TPSA) is 63.3 Å². The van der Waals surface area contributed by atoms with Gasteiger partial charge in [-0.2, -0.15) is 0 Å². The van der Waals surface area contributed by atoms with Crippen molar-refractivity contribution in [3.8, 4) is 0 Å². The van der Waals surface area contributed by atoms with E-state index in [4.69, 9.17) is 10.8 Å². The summed E-state index contributed by atoms with van der Waals surface area (Å²) in [7, 11) is 0. The molecule has 14 heavy (non-hydrogen) atoms. The zero-order valence-corrected chi connectivity index (χ0v) is 8.97. The summed E-state index contributed by atoms with van der Waals surface area (Å²) < 4.78 is 0. The van der Waals surface area contributed by atoms with Gasteiger partial charge in [-0.15, -0.1) is 12.4 Å². The van der Waals surface area contributed by atoms with Gasteiger partial charge in [0.1, 0.15) is 0 Å². The number of benzene rings is 1. The molecule has 0 aliphatic rings. The average Bonchev–Trinajstić information content (AvgIpc) is 2.03. The smallest absolute Gasteiger partial charge is 0.335 e. The lowest BCUT2D eigenvalue weighted by molar-refractivity contribution is 0.0696.